The minimum absolute atomic E-state index is 0.100. The molecule has 17 heavy (non-hydrogen) atoms. The summed E-state index contributed by atoms with van der Waals surface area (Å²) in [6, 6.07) is 1.01. The monoisotopic (exact) mass is 239 g/mol. The van der Waals surface area contributed by atoms with Crippen LogP contribution in [0.5, 0.6) is 0 Å². The lowest BCUT2D eigenvalue weighted by molar-refractivity contribution is -0.0926. The molecule has 98 valence electrons. The molecule has 0 aromatic heterocycles. The van der Waals surface area contributed by atoms with Crippen molar-refractivity contribution < 1.29 is 9.84 Å². The van der Waals surface area contributed by atoms with Gasteiger partial charge in [-0.05, 0) is 32.1 Å². The van der Waals surface area contributed by atoms with Gasteiger partial charge in [0.15, 0.2) is 0 Å². The van der Waals surface area contributed by atoms with E-state index in [1.807, 2.05) is 0 Å². The number of hydrogen-bond donors (Lipinski definition) is 1. The van der Waals surface area contributed by atoms with Crippen molar-refractivity contribution in [1.82, 2.24) is 4.90 Å². The van der Waals surface area contributed by atoms with Crippen LogP contribution in [0.3, 0.4) is 0 Å². The Morgan fingerprint density at radius 3 is 2.65 bits per heavy atom. The number of ether oxygens (including phenoxy) is 1. The van der Waals surface area contributed by atoms with E-state index < -0.39 is 0 Å². The summed E-state index contributed by atoms with van der Waals surface area (Å²) in [6.45, 7) is 1.90. The van der Waals surface area contributed by atoms with E-state index >= 15 is 0 Å². The van der Waals surface area contributed by atoms with Gasteiger partial charge in [-0.1, -0.05) is 19.3 Å². The van der Waals surface area contributed by atoms with Crippen LogP contribution >= 0.6 is 0 Å². The predicted molar refractivity (Wildman–Crippen MR) is 67.0 cm³/mol. The van der Waals surface area contributed by atoms with Crippen LogP contribution in [-0.2, 0) is 4.74 Å². The fourth-order valence-corrected chi connectivity index (χ4v) is 4.02. The Labute approximate surface area is 104 Å². The van der Waals surface area contributed by atoms with Gasteiger partial charge >= 0.3 is 0 Å². The molecule has 1 saturated heterocycles. The maximum atomic E-state index is 10.3. The number of aliphatic hydroxyl groups is 1. The molecule has 4 unspecified atom stereocenters. The number of rotatable bonds is 1. The highest BCUT2D eigenvalue weighted by atomic mass is 16.5. The number of hydrogen-bond acceptors (Lipinski definition) is 3. The highest BCUT2D eigenvalue weighted by Crippen LogP contribution is 2.34. The highest BCUT2D eigenvalue weighted by Gasteiger charge is 2.41. The van der Waals surface area contributed by atoms with Crippen LogP contribution in [0.25, 0.3) is 0 Å². The van der Waals surface area contributed by atoms with Crippen molar-refractivity contribution in [2.45, 2.75) is 75.7 Å². The van der Waals surface area contributed by atoms with Gasteiger partial charge in [0, 0.05) is 18.6 Å². The molecule has 0 spiro atoms. The maximum absolute atomic E-state index is 10.3. The van der Waals surface area contributed by atoms with Crippen molar-refractivity contribution in [3.63, 3.8) is 0 Å². The predicted octanol–water partition coefficient (Wildman–Crippen LogP) is 1.93. The largest absolute Gasteiger partial charge is 0.391 e. The van der Waals surface area contributed by atoms with Crippen molar-refractivity contribution in [1.29, 1.82) is 0 Å². The highest BCUT2D eigenvalue weighted by molar-refractivity contribution is 4.94. The average Bonchev–Trinajstić information content (AvgIpc) is 2.72. The zero-order valence-corrected chi connectivity index (χ0v) is 10.7. The lowest BCUT2D eigenvalue weighted by Crippen LogP contribution is -2.56. The fourth-order valence-electron chi connectivity index (χ4n) is 4.02. The van der Waals surface area contributed by atoms with Gasteiger partial charge in [-0.3, -0.25) is 4.90 Å². The Hall–Kier alpha value is -0.120. The van der Waals surface area contributed by atoms with Crippen molar-refractivity contribution in [3.8, 4) is 0 Å². The third kappa shape index (κ3) is 2.38. The van der Waals surface area contributed by atoms with Crippen molar-refractivity contribution in [2.24, 2.45) is 0 Å². The first-order valence-electron chi connectivity index (χ1n) is 7.41. The zero-order valence-electron chi connectivity index (χ0n) is 10.7. The quantitative estimate of drug-likeness (QED) is 0.710. The Morgan fingerprint density at radius 1 is 0.882 bits per heavy atom. The normalized spacial score (nSPS) is 44.3. The molecule has 0 aromatic rings. The smallest absolute Gasteiger partial charge is 0.0731 e. The van der Waals surface area contributed by atoms with E-state index in [4.69, 9.17) is 4.74 Å². The molecule has 3 nitrogen and oxygen atoms in total. The Kier molecular flexibility index (Phi) is 3.69. The summed E-state index contributed by atoms with van der Waals surface area (Å²) in [5.41, 5.74) is 0. The molecule has 0 aromatic carbocycles. The summed E-state index contributed by atoms with van der Waals surface area (Å²) in [7, 11) is 0. The van der Waals surface area contributed by atoms with E-state index in [0.717, 1.165) is 19.6 Å². The standard InChI is InChI=1S/C14H25NO2/c16-13-7-3-1-2-5-11(13)15-9-10-17-14-8-4-6-12(14)15/h11-14,16H,1-10H2. The molecule has 4 atom stereocenters. The molecule has 2 aliphatic carbocycles. The number of morpholine rings is 1. The Balaban J connectivity index is 1.72. The molecule has 3 heteroatoms. The third-order valence-corrected chi connectivity index (χ3v) is 4.90. The molecule has 3 aliphatic rings. The van der Waals surface area contributed by atoms with E-state index in [2.05, 4.69) is 4.90 Å². The Morgan fingerprint density at radius 2 is 1.71 bits per heavy atom. The molecule has 1 heterocycles. The van der Waals surface area contributed by atoms with E-state index in [-0.39, 0.29) is 6.10 Å². The van der Waals surface area contributed by atoms with Crippen LogP contribution in [0.1, 0.15) is 51.4 Å². The summed E-state index contributed by atoms with van der Waals surface area (Å²) in [6.07, 6.45) is 10.1. The average molecular weight is 239 g/mol. The van der Waals surface area contributed by atoms with E-state index in [9.17, 15) is 5.11 Å². The minimum Gasteiger partial charge on any atom is -0.391 e. The summed E-state index contributed by atoms with van der Waals surface area (Å²) < 4.78 is 5.87. The van der Waals surface area contributed by atoms with Gasteiger partial charge in [0.25, 0.3) is 0 Å². The van der Waals surface area contributed by atoms with Crippen LogP contribution in [0, 0.1) is 0 Å². The number of fused-ring (bicyclic) bond motifs is 1. The molecule has 0 radical (unpaired) electrons. The summed E-state index contributed by atoms with van der Waals surface area (Å²) in [4.78, 5) is 2.59. The number of nitrogens with zero attached hydrogens (tertiary/aromatic N) is 1. The minimum atomic E-state index is -0.100. The molecule has 1 aliphatic heterocycles. The van der Waals surface area contributed by atoms with Crippen molar-refractivity contribution in [3.05, 3.63) is 0 Å². The fraction of sp³-hybridized carbons (Fsp3) is 1.00. The van der Waals surface area contributed by atoms with Crippen LogP contribution in [-0.4, -0.2) is 47.4 Å². The molecule has 1 N–H and O–H groups in total. The summed E-state index contributed by atoms with van der Waals surface area (Å²) in [5.74, 6) is 0. The molecular formula is C14H25NO2. The lowest BCUT2D eigenvalue weighted by Gasteiger charge is -2.44. The molecule has 3 rings (SSSR count). The van der Waals surface area contributed by atoms with E-state index in [1.165, 1.54) is 44.9 Å². The van der Waals surface area contributed by atoms with Gasteiger partial charge in [-0.15, -0.1) is 0 Å². The second-order valence-electron chi connectivity index (χ2n) is 5.92. The van der Waals surface area contributed by atoms with Gasteiger partial charge < -0.3 is 9.84 Å². The van der Waals surface area contributed by atoms with Gasteiger partial charge in [0.1, 0.15) is 0 Å². The second kappa shape index (κ2) is 5.25. The molecular weight excluding hydrogens is 214 g/mol. The van der Waals surface area contributed by atoms with E-state index in [0.29, 0.717) is 18.2 Å². The third-order valence-electron chi connectivity index (χ3n) is 4.90. The van der Waals surface area contributed by atoms with Gasteiger partial charge in [-0.2, -0.15) is 0 Å². The number of aliphatic hydroxyl groups excluding tert-OH is 1. The van der Waals surface area contributed by atoms with Crippen molar-refractivity contribution in [2.75, 3.05) is 13.2 Å². The first-order valence-corrected chi connectivity index (χ1v) is 7.41. The van der Waals surface area contributed by atoms with E-state index in [1.54, 1.807) is 0 Å². The maximum Gasteiger partial charge on any atom is 0.0731 e. The van der Waals surface area contributed by atoms with Crippen LogP contribution in [0.2, 0.25) is 0 Å². The second-order valence-corrected chi connectivity index (χ2v) is 5.92. The summed E-state index contributed by atoms with van der Waals surface area (Å²) in [5, 5.41) is 10.3. The molecule has 2 saturated carbocycles. The molecule has 0 amide bonds. The first kappa shape index (κ1) is 11.9. The van der Waals surface area contributed by atoms with Gasteiger partial charge in [0.2, 0.25) is 0 Å². The summed E-state index contributed by atoms with van der Waals surface area (Å²) >= 11 is 0. The van der Waals surface area contributed by atoms with Crippen LogP contribution in [0.4, 0.5) is 0 Å². The lowest BCUT2D eigenvalue weighted by atomic mass is 9.99. The molecule has 0 bridgehead atoms. The van der Waals surface area contributed by atoms with Crippen LogP contribution in [0.15, 0.2) is 0 Å². The zero-order chi connectivity index (χ0) is 11.7. The molecule has 3 fully saturated rings. The van der Waals surface area contributed by atoms with Gasteiger partial charge in [-0.25, -0.2) is 0 Å². The van der Waals surface area contributed by atoms with Crippen molar-refractivity contribution >= 4 is 0 Å². The topological polar surface area (TPSA) is 32.7 Å². The first-order chi connectivity index (χ1) is 8.36. The Bertz CT molecular complexity index is 259. The SMILES string of the molecule is OC1CCCCCC1N1CCOC2CCCC21. The van der Waals surface area contributed by atoms with Crippen LogP contribution < -0.4 is 0 Å². The van der Waals surface area contributed by atoms with Gasteiger partial charge in [0.05, 0.1) is 18.8 Å².